The molecule has 2 aliphatic heterocycles. The number of carbonyl (C=O) groups is 2. The van der Waals surface area contributed by atoms with Crippen LogP contribution in [0.15, 0.2) is 33.6 Å². The van der Waals surface area contributed by atoms with Crippen molar-refractivity contribution in [1.82, 2.24) is 14.9 Å². The zero-order valence-corrected chi connectivity index (χ0v) is 17.6. The third-order valence-corrected chi connectivity index (χ3v) is 7.68. The first-order chi connectivity index (χ1) is 12.8. The molecule has 7 nitrogen and oxygen atoms in total. The molecule has 2 aliphatic rings. The molecule has 2 amide bonds. The number of rotatable bonds is 4. The van der Waals surface area contributed by atoms with Crippen LogP contribution in [-0.4, -0.2) is 49.7 Å². The van der Waals surface area contributed by atoms with Gasteiger partial charge < -0.3 is 10.6 Å². The van der Waals surface area contributed by atoms with Gasteiger partial charge in [0.25, 0.3) is 0 Å². The second-order valence-corrected chi connectivity index (χ2v) is 9.93. The van der Waals surface area contributed by atoms with Gasteiger partial charge in [0.2, 0.25) is 21.8 Å². The van der Waals surface area contributed by atoms with Gasteiger partial charge in [0.15, 0.2) is 0 Å². The minimum atomic E-state index is -3.79. The van der Waals surface area contributed by atoms with Crippen molar-refractivity contribution in [2.24, 2.45) is 5.92 Å². The summed E-state index contributed by atoms with van der Waals surface area (Å²) in [6.07, 6.45) is 2.71. The topological polar surface area (TPSA) is 95.6 Å². The first-order valence-electron chi connectivity index (χ1n) is 9.16. The van der Waals surface area contributed by atoms with Gasteiger partial charge in [0, 0.05) is 17.6 Å². The summed E-state index contributed by atoms with van der Waals surface area (Å²) in [5.41, 5.74) is 0. The maximum atomic E-state index is 13.1. The summed E-state index contributed by atoms with van der Waals surface area (Å²) in [4.78, 5) is 25.1. The van der Waals surface area contributed by atoms with Gasteiger partial charge in [-0.2, -0.15) is 4.31 Å². The molecule has 3 atom stereocenters. The van der Waals surface area contributed by atoms with Gasteiger partial charge >= 0.3 is 0 Å². The fourth-order valence-corrected chi connectivity index (χ4v) is 5.53. The molecule has 148 valence electrons. The van der Waals surface area contributed by atoms with E-state index in [4.69, 9.17) is 0 Å². The van der Waals surface area contributed by atoms with Crippen molar-refractivity contribution in [3.63, 3.8) is 0 Å². The first kappa shape index (κ1) is 20.3. The maximum absolute atomic E-state index is 13.1. The Bertz CT molecular complexity index is 812. The average Bonchev–Trinajstić information content (AvgIpc) is 2.65. The quantitative estimate of drug-likeness (QED) is 0.717. The van der Waals surface area contributed by atoms with E-state index in [0.717, 1.165) is 17.3 Å². The van der Waals surface area contributed by atoms with E-state index in [9.17, 15) is 18.0 Å². The molecule has 2 fully saturated rings. The van der Waals surface area contributed by atoms with Crippen molar-refractivity contribution >= 4 is 37.8 Å². The highest BCUT2D eigenvalue weighted by Crippen LogP contribution is 2.27. The van der Waals surface area contributed by atoms with E-state index in [0.29, 0.717) is 25.9 Å². The van der Waals surface area contributed by atoms with Gasteiger partial charge in [0.05, 0.1) is 4.90 Å². The Morgan fingerprint density at radius 2 is 1.93 bits per heavy atom. The van der Waals surface area contributed by atoms with Gasteiger partial charge in [-0.1, -0.05) is 29.3 Å². The SMILES string of the molecule is CC1CCNC(=O)C1NC(=O)C1CCCCN1S(=O)(=O)c1ccc(Br)cc1. The summed E-state index contributed by atoms with van der Waals surface area (Å²) >= 11 is 3.30. The van der Waals surface area contributed by atoms with Crippen molar-refractivity contribution in [2.75, 3.05) is 13.1 Å². The molecular weight excluding hydrogens is 434 g/mol. The number of piperidine rings is 2. The monoisotopic (exact) mass is 457 g/mol. The number of benzene rings is 1. The summed E-state index contributed by atoms with van der Waals surface area (Å²) in [6.45, 7) is 2.81. The molecule has 1 aromatic rings. The zero-order valence-electron chi connectivity index (χ0n) is 15.2. The van der Waals surface area contributed by atoms with Crippen LogP contribution in [0.25, 0.3) is 0 Å². The van der Waals surface area contributed by atoms with Crippen molar-refractivity contribution in [3.05, 3.63) is 28.7 Å². The molecule has 0 radical (unpaired) electrons. The Balaban J connectivity index is 1.81. The van der Waals surface area contributed by atoms with Crippen molar-refractivity contribution < 1.29 is 18.0 Å². The van der Waals surface area contributed by atoms with Crippen LogP contribution in [0.3, 0.4) is 0 Å². The standard InChI is InChI=1S/C18H24BrN3O4S/c1-12-9-10-20-18(24)16(12)21-17(23)15-4-2-3-11-22(15)27(25,26)14-7-5-13(19)6-8-14/h5-8,12,15-16H,2-4,9-11H2,1H3,(H,20,24)(H,21,23). The molecule has 2 heterocycles. The highest BCUT2D eigenvalue weighted by atomic mass is 79.9. The highest BCUT2D eigenvalue weighted by Gasteiger charge is 2.40. The molecule has 1 aromatic carbocycles. The highest BCUT2D eigenvalue weighted by molar-refractivity contribution is 9.10. The van der Waals surface area contributed by atoms with Crippen molar-refractivity contribution in [3.8, 4) is 0 Å². The number of hydrogen-bond acceptors (Lipinski definition) is 4. The molecule has 3 rings (SSSR count). The lowest BCUT2D eigenvalue weighted by Gasteiger charge is -2.36. The van der Waals surface area contributed by atoms with Crippen LogP contribution in [0.2, 0.25) is 0 Å². The number of nitrogens with zero attached hydrogens (tertiary/aromatic N) is 1. The average molecular weight is 458 g/mol. The van der Waals surface area contributed by atoms with E-state index in [2.05, 4.69) is 26.6 Å². The van der Waals surface area contributed by atoms with Gasteiger partial charge in [-0.25, -0.2) is 8.42 Å². The molecule has 9 heteroatoms. The number of sulfonamides is 1. The molecule has 2 saturated heterocycles. The largest absolute Gasteiger partial charge is 0.354 e. The molecule has 3 unspecified atom stereocenters. The minimum Gasteiger partial charge on any atom is -0.354 e. The van der Waals surface area contributed by atoms with Crippen LogP contribution in [0.4, 0.5) is 0 Å². The summed E-state index contributed by atoms with van der Waals surface area (Å²) < 4.78 is 28.2. The van der Waals surface area contributed by atoms with Gasteiger partial charge in [0.1, 0.15) is 12.1 Å². The second-order valence-electron chi connectivity index (χ2n) is 7.12. The van der Waals surface area contributed by atoms with E-state index in [-0.39, 0.29) is 16.7 Å². The van der Waals surface area contributed by atoms with Crippen molar-refractivity contribution in [1.29, 1.82) is 0 Å². The maximum Gasteiger partial charge on any atom is 0.243 e. The fourth-order valence-electron chi connectivity index (χ4n) is 3.61. The lowest BCUT2D eigenvalue weighted by atomic mass is 9.93. The van der Waals surface area contributed by atoms with E-state index in [1.165, 1.54) is 16.4 Å². The smallest absolute Gasteiger partial charge is 0.243 e. The van der Waals surface area contributed by atoms with E-state index < -0.39 is 28.0 Å². The molecule has 0 aliphatic carbocycles. The second kappa shape index (κ2) is 8.28. The molecule has 2 N–H and O–H groups in total. The van der Waals surface area contributed by atoms with Gasteiger partial charge in [-0.15, -0.1) is 0 Å². The predicted octanol–water partition coefficient (Wildman–Crippen LogP) is 1.63. The Hall–Kier alpha value is -1.45. The Morgan fingerprint density at radius 3 is 2.59 bits per heavy atom. The zero-order chi connectivity index (χ0) is 19.6. The number of carbonyl (C=O) groups excluding carboxylic acids is 2. The van der Waals surface area contributed by atoms with E-state index in [1.807, 2.05) is 6.92 Å². The van der Waals surface area contributed by atoms with Crippen LogP contribution < -0.4 is 10.6 Å². The number of amides is 2. The van der Waals surface area contributed by atoms with Crippen LogP contribution in [0.5, 0.6) is 0 Å². The third-order valence-electron chi connectivity index (χ3n) is 5.22. The van der Waals surface area contributed by atoms with Crippen LogP contribution in [-0.2, 0) is 19.6 Å². The lowest BCUT2D eigenvalue weighted by Crippen LogP contribution is -2.59. The van der Waals surface area contributed by atoms with Crippen LogP contribution in [0, 0.1) is 5.92 Å². The van der Waals surface area contributed by atoms with Gasteiger partial charge in [-0.05, 0) is 49.4 Å². The summed E-state index contributed by atoms with van der Waals surface area (Å²) in [5, 5.41) is 5.54. The molecule has 0 bridgehead atoms. The number of nitrogens with one attached hydrogen (secondary N) is 2. The predicted molar refractivity (Wildman–Crippen MR) is 104 cm³/mol. The molecular formula is C18H24BrN3O4S. The summed E-state index contributed by atoms with van der Waals surface area (Å²) in [7, 11) is -3.79. The lowest BCUT2D eigenvalue weighted by molar-refractivity contribution is -0.133. The third kappa shape index (κ3) is 4.35. The van der Waals surface area contributed by atoms with E-state index >= 15 is 0 Å². The number of halogens is 1. The first-order valence-corrected chi connectivity index (χ1v) is 11.4. The fraction of sp³-hybridized carbons (Fsp3) is 0.556. The van der Waals surface area contributed by atoms with Crippen LogP contribution >= 0.6 is 15.9 Å². The summed E-state index contributed by atoms with van der Waals surface area (Å²) in [5.74, 6) is -0.590. The minimum absolute atomic E-state index is 0.0165. The Labute approximate surface area is 168 Å². The van der Waals surface area contributed by atoms with E-state index in [1.54, 1.807) is 12.1 Å². The number of hydrogen-bond donors (Lipinski definition) is 2. The normalized spacial score (nSPS) is 27.0. The molecule has 27 heavy (non-hydrogen) atoms. The molecule has 0 aromatic heterocycles. The van der Waals surface area contributed by atoms with Gasteiger partial charge in [-0.3, -0.25) is 9.59 Å². The van der Waals surface area contributed by atoms with Crippen molar-refractivity contribution in [2.45, 2.75) is 49.6 Å². The summed E-state index contributed by atoms with van der Waals surface area (Å²) in [6, 6.07) is 4.97. The molecule has 0 saturated carbocycles. The Morgan fingerprint density at radius 1 is 1.22 bits per heavy atom. The Kier molecular flexibility index (Phi) is 6.22. The van der Waals surface area contributed by atoms with Crippen LogP contribution in [0.1, 0.15) is 32.6 Å². The molecule has 0 spiro atoms.